The third-order valence-corrected chi connectivity index (χ3v) is 6.60. The van der Waals surface area contributed by atoms with Gasteiger partial charge in [0.05, 0.1) is 0 Å². The normalized spacial score (nSPS) is 20.2. The van der Waals surface area contributed by atoms with Crippen LogP contribution in [0.1, 0.15) is 65.5 Å². The Balaban J connectivity index is 2.60. The summed E-state index contributed by atoms with van der Waals surface area (Å²) >= 11 is 4.74. The fraction of sp³-hybridized carbons (Fsp3) is 0.407. The third kappa shape index (κ3) is 4.63. The van der Waals surface area contributed by atoms with Crippen molar-refractivity contribution in [1.82, 2.24) is 0 Å². The highest BCUT2D eigenvalue weighted by Crippen LogP contribution is 2.54. The molecule has 0 aromatic heterocycles. The summed E-state index contributed by atoms with van der Waals surface area (Å²) in [4.78, 5) is 1.14. The second-order valence-electron chi connectivity index (χ2n) is 8.95. The van der Waals surface area contributed by atoms with E-state index >= 15 is 0 Å². The molecule has 0 radical (unpaired) electrons. The molecule has 0 bridgehead atoms. The molecule has 0 N–H and O–H groups in total. The number of rotatable bonds is 6. The molecule has 0 heterocycles. The standard InChI is InChI=1S/C27H36S/c1-8-10-18-27(7,26(4,5)6)25-19-22(28)16-17-24(25)20(3)23-15-12-11-14-21(23)13-9-2/h9-18,25,28H,3,8,19H2,1-2,4-7H3/b13-9-,18-10?. The Bertz CT molecular complexity index is 826. The van der Waals surface area contributed by atoms with Crippen molar-refractivity contribution in [3.8, 4) is 0 Å². The molecule has 28 heavy (non-hydrogen) atoms. The van der Waals surface area contributed by atoms with Gasteiger partial charge in [0.15, 0.2) is 0 Å². The topological polar surface area (TPSA) is 0 Å². The second-order valence-corrected chi connectivity index (χ2v) is 9.52. The van der Waals surface area contributed by atoms with E-state index in [4.69, 9.17) is 12.6 Å². The molecule has 2 atom stereocenters. The quantitative estimate of drug-likeness (QED) is 0.364. The van der Waals surface area contributed by atoms with Crippen LogP contribution in [0, 0.1) is 16.7 Å². The van der Waals surface area contributed by atoms with E-state index in [-0.39, 0.29) is 10.8 Å². The Morgan fingerprint density at radius 2 is 1.86 bits per heavy atom. The highest BCUT2D eigenvalue weighted by atomic mass is 32.1. The van der Waals surface area contributed by atoms with Crippen molar-refractivity contribution in [2.45, 2.75) is 54.4 Å². The molecule has 2 unspecified atom stereocenters. The number of hydrogen-bond donors (Lipinski definition) is 1. The fourth-order valence-corrected chi connectivity index (χ4v) is 4.30. The van der Waals surface area contributed by atoms with E-state index in [0.29, 0.717) is 5.92 Å². The molecule has 0 aliphatic heterocycles. The van der Waals surface area contributed by atoms with Crippen LogP contribution in [-0.4, -0.2) is 0 Å². The Kier molecular flexibility index (Phi) is 7.39. The number of thiol groups is 1. The van der Waals surface area contributed by atoms with Crippen LogP contribution < -0.4 is 0 Å². The summed E-state index contributed by atoms with van der Waals surface area (Å²) in [5.41, 5.74) is 4.98. The van der Waals surface area contributed by atoms with Crippen molar-refractivity contribution in [1.29, 1.82) is 0 Å². The van der Waals surface area contributed by atoms with E-state index in [9.17, 15) is 0 Å². The summed E-state index contributed by atoms with van der Waals surface area (Å²) in [5.74, 6) is 0.332. The minimum atomic E-state index is -0.00440. The van der Waals surface area contributed by atoms with Gasteiger partial charge in [0, 0.05) is 0 Å². The maximum atomic E-state index is 4.74. The summed E-state index contributed by atoms with van der Waals surface area (Å²) in [6, 6.07) is 8.55. The van der Waals surface area contributed by atoms with Crippen molar-refractivity contribution in [2.75, 3.05) is 0 Å². The van der Waals surface area contributed by atoms with Gasteiger partial charge in [-0.15, -0.1) is 12.6 Å². The summed E-state index contributed by atoms with van der Waals surface area (Å²) in [5, 5.41) is 0. The third-order valence-electron chi connectivity index (χ3n) is 6.26. The lowest BCUT2D eigenvalue weighted by Gasteiger charge is -2.48. The van der Waals surface area contributed by atoms with Crippen molar-refractivity contribution in [3.63, 3.8) is 0 Å². The molecule has 0 saturated carbocycles. The summed E-state index contributed by atoms with van der Waals surface area (Å²) in [6.07, 6.45) is 15.4. The second kappa shape index (κ2) is 9.18. The lowest BCUT2D eigenvalue weighted by Crippen LogP contribution is -2.40. The molecule has 150 valence electrons. The molecular formula is C27H36S. The molecular weight excluding hydrogens is 356 g/mol. The molecule has 0 fully saturated rings. The van der Waals surface area contributed by atoms with E-state index in [0.717, 1.165) is 23.3 Å². The largest absolute Gasteiger partial charge is 0.148 e. The van der Waals surface area contributed by atoms with Crippen LogP contribution in [0.15, 0.2) is 71.7 Å². The molecule has 1 aliphatic rings. The van der Waals surface area contributed by atoms with Crippen LogP contribution in [0.2, 0.25) is 0 Å². The smallest absolute Gasteiger partial charge is 0.00170 e. The van der Waals surface area contributed by atoms with Gasteiger partial charge >= 0.3 is 0 Å². The van der Waals surface area contributed by atoms with Gasteiger partial charge in [-0.25, -0.2) is 0 Å². The van der Waals surface area contributed by atoms with Gasteiger partial charge in [0.2, 0.25) is 0 Å². The minimum absolute atomic E-state index is 0.00440. The molecule has 0 nitrogen and oxygen atoms in total. The Morgan fingerprint density at radius 3 is 2.46 bits per heavy atom. The monoisotopic (exact) mass is 392 g/mol. The van der Waals surface area contributed by atoms with Crippen LogP contribution in [0.3, 0.4) is 0 Å². The Hall–Kier alpha value is -1.73. The summed E-state index contributed by atoms with van der Waals surface area (Å²) in [6.45, 7) is 18.3. The number of benzene rings is 1. The highest BCUT2D eigenvalue weighted by Gasteiger charge is 2.44. The van der Waals surface area contributed by atoms with E-state index < -0.39 is 0 Å². The number of hydrogen-bond acceptors (Lipinski definition) is 1. The maximum Gasteiger partial charge on any atom is -0.00170 e. The van der Waals surface area contributed by atoms with E-state index in [1.807, 2.05) is 0 Å². The average molecular weight is 393 g/mol. The molecule has 0 spiro atoms. The molecule has 1 aliphatic carbocycles. The van der Waals surface area contributed by atoms with Gasteiger partial charge in [-0.2, -0.15) is 0 Å². The van der Waals surface area contributed by atoms with Gasteiger partial charge in [-0.3, -0.25) is 0 Å². The SMILES string of the molecule is C=C(C1=CC=C(S)CC1C(C)(C=CCC)C(C)(C)C)c1ccccc1/C=C\C. The van der Waals surface area contributed by atoms with Crippen LogP contribution >= 0.6 is 12.6 Å². The van der Waals surface area contributed by atoms with Crippen molar-refractivity contribution in [3.05, 3.63) is 82.8 Å². The van der Waals surface area contributed by atoms with Crippen LogP contribution in [0.4, 0.5) is 0 Å². The summed E-state index contributed by atoms with van der Waals surface area (Å²) < 4.78 is 0. The zero-order valence-corrected chi connectivity index (χ0v) is 19.3. The molecule has 1 heteroatoms. The first kappa shape index (κ1) is 22.6. The van der Waals surface area contributed by atoms with Gasteiger partial charge in [-0.1, -0.05) is 102 Å². The number of allylic oxidation sites excluding steroid dienone is 8. The van der Waals surface area contributed by atoms with Gasteiger partial charge in [0.1, 0.15) is 0 Å². The van der Waals surface area contributed by atoms with Crippen molar-refractivity contribution < 1.29 is 0 Å². The first-order valence-corrected chi connectivity index (χ1v) is 10.8. The van der Waals surface area contributed by atoms with Crippen LogP contribution in [0.25, 0.3) is 11.6 Å². The fourth-order valence-electron chi connectivity index (χ4n) is 4.04. The molecule has 1 aromatic rings. The Morgan fingerprint density at radius 1 is 1.18 bits per heavy atom. The zero-order valence-electron chi connectivity index (χ0n) is 18.4. The lowest BCUT2D eigenvalue weighted by atomic mass is 9.56. The predicted molar refractivity (Wildman–Crippen MR) is 130 cm³/mol. The Labute approximate surface area is 178 Å². The van der Waals surface area contributed by atoms with Gasteiger partial charge in [-0.05, 0) is 63.7 Å². The average Bonchev–Trinajstić information content (AvgIpc) is 2.65. The van der Waals surface area contributed by atoms with E-state index in [2.05, 4.69) is 109 Å². The first-order valence-electron chi connectivity index (χ1n) is 10.3. The van der Waals surface area contributed by atoms with E-state index in [1.165, 1.54) is 16.7 Å². The molecule has 0 amide bonds. The van der Waals surface area contributed by atoms with Gasteiger partial charge < -0.3 is 0 Å². The van der Waals surface area contributed by atoms with Crippen LogP contribution in [0.5, 0.6) is 0 Å². The lowest BCUT2D eigenvalue weighted by molar-refractivity contribution is 0.109. The van der Waals surface area contributed by atoms with E-state index in [1.54, 1.807) is 0 Å². The first-order chi connectivity index (χ1) is 13.2. The molecule has 0 saturated heterocycles. The zero-order chi connectivity index (χ0) is 20.9. The highest BCUT2D eigenvalue weighted by molar-refractivity contribution is 7.84. The minimum Gasteiger partial charge on any atom is -0.148 e. The summed E-state index contributed by atoms with van der Waals surface area (Å²) in [7, 11) is 0. The predicted octanol–water partition coefficient (Wildman–Crippen LogP) is 8.51. The van der Waals surface area contributed by atoms with Crippen molar-refractivity contribution in [2.24, 2.45) is 16.7 Å². The maximum absolute atomic E-state index is 4.74. The molecule has 2 rings (SSSR count). The van der Waals surface area contributed by atoms with Crippen LogP contribution in [-0.2, 0) is 0 Å². The molecule has 1 aromatic carbocycles. The van der Waals surface area contributed by atoms with Crippen molar-refractivity contribution >= 4 is 24.3 Å². The van der Waals surface area contributed by atoms with Gasteiger partial charge in [0.25, 0.3) is 0 Å².